The monoisotopic (exact) mass is 156 g/mol. The quantitative estimate of drug-likeness (QED) is 0.360. The summed E-state index contributed by atoms with van der Waals surface area (Å²) >= 11 is 0. The number of Topliss-reactive ketones (excluding diaryl/α,β-unsaturated/α-hetero) is 1. The van der Waals surface area contributed by atoms with Crippen LogP contribution in [0.2, 0.25) is 0 Å². The van der Waals surface area contributed by atoms with Gasteiger partial charge in [0.2, 0.25) is 0 Å². The lowest BCUT2D eigenvalue weighted by Crippen LogP contribution is -2.23. The van der Waals surface area contributed by atoms with Crippen molar-refractivity contribution in [2.24, 2.45) is 5.92 Å². The molecule has 1 N–H and O–H groups in total. The summed E-state index contributed by atoms with van der Waals surface area (Å²) in [5.74, 6) is -0.303. The summed E-state index contributed by atoms with van der Waals surface area (Å²) in [6.45, 7) is 3.79. The molecular weight excluding hydrogens is 144 g/mol. The molecule has 0 aliphatic carbocycles. The minimum atomic E-state index is -1.04. The van der Waals surface area contributed by atoms with Crippen LogP contribution in [0.15, 0.2) is 0 Å². The first-order valence-corrected chi connectivity index (χ1v) is 3.47. The molecule has 0 amide bonds. The molecule has 0 aliphatic rings. The lowest BCUT2D eigenvalue weighted by atomic mass is 10.0. The van der Waals surface area contributed by atoms with Crippen LogP contribution in [0.1, 0.15) is 20.3 Å². The van der Waals surface area contributed by atoms with Crippen molar-refractivity contribution in [1.82, 2.24) is 0 Å². The van der Waals surface area contributed by atoms with Crippen molar-refractivity contribution in [1.29, 1.82) is 0 Å². The van der Waals surface area contributed by atoms with Gasteiger partial charge in [-0.2, -0.15) is 4.79 Å². The van der Waals surface area contributed by atoms with Gasteiger partial charge in [0.15, 0.2) is 0 Å². The fourth-order valence-electron chi connectivity index (χ4n) is 0.706. The molecule has 0 unspecified atom stereocenters. The number of nitrogens with zero attached hydrogens (tertiary/aromatic N) is 2. The van der Waals surface area contributed by atoms with E-state index in [0.29, 0.717) is 12.6 Å². The number of ketones is 1. The lowest BCUT2D eigenvalue weighted by Gasteiger charge is -2.06. The van der Waals surface area contributed by atoms with Gasteiger partial charge < -0.3 is 10.6 Å². The first-order chi connectivity index (χ1) is 5.07. The molecule has 0 aromatic carbocycles. The summed E-state index contributed by atoms with van der Waals surface area (Å²) in [6.07, 6.45) is 0.0728. The van der Waals surface area contributed by atoms with E-state index in [4.69, 9.17) is 10.6 Å². The Hall–Kier alpha value is -0.990. The molecule has 4 nitrogen and oxygen atoms in total. The molecule has 0 fully saturated rings. The van der Waals surface area contributed by atoms with E-state index >= 15 is 0 Å². The average Bonchev–Trinajstić information content (AvgIpc) is 1.86. The van der Waals surface area contributed by atoms with Gasteiger partial charge in [0.25, 0.3) is 5.78 Å². The standard InChI is InChI=1S/C7H12N2O2/c1-5(2)3-6(10)7(11)4-9-8/h4-6,10H,3H2,1-2H3/t6-/m0/s1. The molecule has 0 aromatic heterocycles. The van der Waals surface area contributed by atoms with Crippen LogP contribution in [0.4, 0.5) is 0 Å². The Morgan fingerprint density at radius 3 is 2.64 bits per heavy atom. The molecule has 11 heavy (non-hydrogen) atoms. The van der Waals surface area contributed by atoms with Gasteiger partial charge in [-0.05, 0) is 12.3 Å². The van der Waals surface area contributed by atoms with Gasteiger partial charge in [-0.25, -0.2) is 0 Å². The summed E-state index contributed by atoms with van der Waals surface area (Å²) in [5, 5.41) is 9.07. The van der Waals surface area contributed by atoms with Crippen LogP contribution in [0.3, 0.4) is 0 Å². The van der Waals surface area contributed by atoms with Crippen molar-refractivity contribution in [3.05, 3.63) is 5.53 Å². The number of aliphatic hydroxyl groups is 1. The Labute approximate surface area is 65.5 Å². The van der Waals surface area contributed by atoms with Crippen LogP contribution in [0, 0.1) is 5.92 Å². The van der Waals surface area contributed by atoms with E-state index in [-0.39, 0.29) is 5.92 Å². The second-order valence-corrected chi connectivity index (χ2v) is 2.79. The number of carbonyl (C=O) groups excluding carboxylic acids is 1. The molecule has 0 rings (SSSR count). The second-order valence-electron chi connectivity index (χ2n) is 2.79. The maximum Gasteiger partial charge on any atom is 0.325 e. The number of aliphatic hydroxyl groups excluding tert-OH is 1. The van der Waals surface area contributed by atoms with Gasteiger partial charge in [0.1, 0.15) is 6.10 Å². The summed E-state index contributed by atoms with van der Waals surface area (Å²) < 4.78 is 0. The van der Waals surface area contributed by atoms with E-state index in [2.05, 4.69) is 4.79 Å². The zero-order chi connectivity index (χ0) is 8.85. The highest BCUT2D eigenvalue weighted by Crippen LogP contribution is 2.03. The van der Waals surface area contributed by atoms with Gasteiger partial charge >= 0.3 is 6.21 Å². The van der Waals surface area contributed by atoms with E-state index in [9.17, 15) is 4.79 Å². The molecule has 0 saturated heterocycles. The first kappa shape index (κ1) is 10.0. The molecule has 0 heterocycles. The van der Waals surface area contributed by atoms with Crippen molar-refractivity contribution in [3.8, 4) is 0 Å². The highest BCUT2D eigenvalue weighted by atomic mass is 16.3. The van der Waals surface area contributed by atoms with Gasteiger partial charge in [0, 0.05) is 0 Å². The lowest BCUT2D eigenvalue weighted by molar-refractivity contribution is -0.124. The van der Waals surface area contributed by atoms with Gasteiger partial charge in [-0.15, -0.1) is 0 Å². The molecule has 4 heteroatoms. The zero-order valence-electron chi connectivity index (χ0n) is 6.69. The average molecular weight is 156 g/mol. The third-order valence-electron chi connectivity index (χ3n) is 1.21. The molecule has 0 spiro atoms. The predicted molar refractivity (Wildman–Crippen MR) is 40.2 cm³/mol. The van der Waals surface area contributed by atoms with Crippen molar-refractivity contribution in [2.45, 2.75) is 26.4 Å². The Morgan fingerprint density at radius 1 is 1.73 bits per heavy atom. The topological polar surface area (TPSA) is 73.7 Å². The summed E-state index contributed by atoms with van der Waals surface area (Å²) in [6, 6.07) is 0. The maximum atomic E-state index is 10.7. The predicted octanol–water partition coefficient (Wildman–Crippen LogP) is 0.263. The summed E-state index contributed by atoms with van der Waals surface area (Å²) in [4.78, 5) is 13.2. The molecular formula is C7H12N2O2. The Bertz CT molecular complexity index is 183. The van der Waals surface area contributed by atoms with E-state index in [0.717, 1.165) is 0 Å². The van der Waals surface area contributed by atoms with Crippen LogP contribution in [-0.4, -0.2) is 28.0 Å². The van der Waals surface area contributed by atoms with E-state index in [1.54, 1.807) is 0 Å². The summed E-state index contributed by atoms with van der Waals surface area (Å²) in [7, 11) is 0. The number of hydrogen-bond acceptors (Lipinski definition) is 2. The summed E-state index contributed by atoms with van der Waals surface area (Å²) in [5.41, 5.74) is 7.96. The Balaban J connectivity index is 3.92. The SMILES string of the molecule is CC(C)C[C@H](O)C(=O)C=[N+]=[N-]. The van der Waals surface area contributed by atoms with Crippen molar-refractivity contribution >= 4 is 12.0 Å². The van der Waals surface area contributed by atoms with Gasteiger partial charge in [-0.3, -0.25) is 4.79 Å². The van der Waals surface area contributed by atoms with Crippen LogP contribution >= 0.6 is 0 Å². The molecule has 0 bridgehead atoms. The van der Waals surface area contributed by atoms with Crippen LogP contribution in [0.5, 0.6) is 0 Å². The smallest absolute Gasteiger partial charge is 0.325 e. The molecule has 0 aromatic rings. The van der Waals surface area contributed by atoms with Crippen molar-refractivity contribution in [2.75, 3.05) is 0 Å². The third-order valence-corrected chi connectivity index (χ3v) is 1.21. The molecule has 62 valence electrons. The van der Waals surface area contributed by atoms with Crippen LogP contribution in [0.25, 0.3) is 5.53 Å². The fraction of sp³-hybridized carbons (Fsp3) is 0.714. The van der Waals surface area contributed by atoms with Gasteiger partial charge in [0.05, 0.1) is 0 Å². The largest absolute Gasteiger partial charge is 0.385 e. The highest BCUT2D eigenvalue weighted by molar-refractivity contribution is 6.27. The molecule has 0 saturated carbocycles. The third kappa shape index (κ3) is 4.42. The number of rotatable bonds is 4. The second kappa shape index (κ2) is 4.77. The normalized spacial score (nSPS) is 12.4. The Morgan fingerprint density at radius 2 is 2.27 bits per heavy atom. The highest BCUT2D eigenvalue weighted by Gasteiger charge is 2.17. The first-order valence-electron chi connectivity index (χ1n) is 3.47. The molecule has 1 atom stereocenters. The zero-order valence-corrected chi connectivity index (χ0v) is 6.69. The van der Waals surface area contributed by atoms with E-state index in [1.165, 1.54) is 0 Å². The number of carbonyl (C=O) groups is 1. The maximum absolute atomic E-state index is 10.7. The Kier molecular flexibility index (Phi) is 4.34. The van der Waals surface area contributed by atoms with Crippen LogP contribution < -0.4 is 0 Å². The molecule has 0 aliphatic heterocycles. The van der Waals surface area contributed by atoms with Gasteiger partial charge in [-0.1, -0.05) is 13.8 Å². The minimum absolute atomic E-state index is 0.251. The van der Waals surface area contributed by atoms with E-state index < -0.39 is 11.9 Å². The minimum Gasteiger partial charge on any atom is -0.385 e. The van der Waals surface area contributed by atoms with E-state index in [1.807, 2.05) is 13.8 Å². The van der Waals surface area contributed by atoms with Crippen molar-refractivity contribution < 1.29 is 14.7 Å². The van der Waals surface area contributed by atoms with Crippen molar-refractivity contribution in [3.63, 3.8) is 0 Å². The fourth-order valence-corrected chi connectivity index (χ4v) is 0.706. The van der Waals surface area contributed by atoms with Crippen LogP contribution in [-0.2, 0) is 4.79 Å². The molecule has 0 radical (unpaired) electrons. The number of hydrogen-bond donors (Lipinski definition) is 1.